The largest absolute Gasteiger partial charge is 0.246 e. The molecule has 0 bridgehead atoms. The Morgan fingerprint density at radius 2 is 0.750 bits per heavy atom. The molecule has 0 N–H and O–H groups in total. The lowest BCUT2D eigenvalue weighted by atomic mass is 9.83. The zero-order valence-electron chi connectivity index (χ0n) is 32.8. The third-order valence-corrected chi connectivity index (χ3v) is 12.4. The first-order chi connectivity index (χ1) is 29.8. The van der Waals surface area contributed by atoms with E-state index < -0.39 is 0 Å². The van der Waals surface area contributed by atoms with Crippen LogP contribution in [0.1, 0.15) is 0 Å². The van der Waals surface area contributed by atoms with Gasteiger partial charge in [0.2, 0.25) is 0 Å². The van der Waals surface area contributed by atoms with Gasteiger partial charge in [0.15, 0.2) is 0 Å². The van der Waals surface area contributed by atoms with Crippen LogP contribution in [-0.4, -0.2) is 4.98 Å². The van der Waals surface area contributed by atoms with E-state index in [1.165, 1.54) is 87.4 Å². The zero-order valence-corrected chi connectivity index (χ0v) is 32.8. The molecule has 1 heterocycles. The molecule has 0 radical (unpaired) electrons. The number of nitrogens with zero attached hydrogens (tertiary/aromatic N) is 1. The average Bonchev–Trinajstić information content (AvgIpc) is 3.33. The van der Waals surface area contributed by atoms with Gasteiger partial charge in [0.1, 0.15) is 0 Å². The third kappa shape index (κ3) is 5.51. The van der Waals surface area contributed by atoms with Crippen molar-refractivity contribution in [3.63, 3.8) is 0 Å². The highest BCUT2D eigenvalue weighted by molar-refractivity contribution is 6.28. The summed E-state index contributed by atoms with van der Waals surface area (Å²) < 4.78 is 0. The Labute approximate surface area is 348 Å². The number of aromatic nitrogens is 1. The molecule has 0 saturated carbocycles. The van der Waals surface area contributed by atoms with Crippen LogP contribution < -0.4 is 0 Å². The molecule has 1 aromatic heterocycles. The van der Waals surface area contributed by atoms with Gasteiger partial charge in [0, 0.05) is 27.3 Å². The van der Waals surface area contributed by atoms with Crippen molar-refractivity contribution in [1.29, 1.82) is 0 Å². The molecule has 278 valence electrons. The summed E-state index contributed by atoms with van der Waals surface area (Å²) in [5.41, 5.74) is 12.7. The third-order valence-electron chi connectivity index (χ3n) is 12.4. The Morgan fingerprint density at radius 1 is 0.250 bits per heavy atom. The molecular formula is C59H37N. The second-order valence-corrected chi connectivity index (χ2v) is 15.8. The number of fused-ring (bicyclic) bond motifs is 8. The van der Waals surface area contributed by atoms with Crippen molar-refractivity contribution >= 4 is 64.8 Å². The minimum absolute atomic E-state index is 0.998. The summed E-state index contributed by atoms with van der Waals surface area (Å²) in [5.74, 6) is 0. The summed E-state index contributed by atoms with van der Waals surface area (Å²) in [4.78, 5) is 5.75. The van der Waals surface area contributed by atoms with Gasteiger partial charge in [-0.1, -0.05) is 200 Å². The van der Waals surface area contributed by atoms with Crippen molar-refractivity contribution in [2.45, 2.75) is 0 Å². The maximum atomic E-state index is 5.75. The molecule has 0 aliphatic heterocycles. The topological polar surface area (TPSA) is 12.9 Å². The van der Waals surface area contributed by atoms with Crippen LogP contribution in [0.5, 0.6) is 0 Å². The first-order valence-electron chi connectivity index (χ1n) is 20.7. The van der Waals surface area contributed by atoms with Gasteiger partial charge in [0.05, 0.1) is 11.2 Å². The maximum Gasteiger partial charge on any atom is 0.0795 e. The Balaban J connectivity index is 1.19. The van der Waals surface area contributed by atoms with Crippen LogP contribution in [0.15, 0.2) is 224 Å². The van der Waals surface area contributed by atoms with Gasteiger partial charge in [-0.2, -0.15) is 0 Å². The molecule has 12 aromatic rings. The van der Waals surface area contributed by atoms with E-state index in [2.05, 4.69) is 224 Å². The number of para-hydroxylation sites is 1. The van der Waals surface area contributed by atoms with E-state index in [0.29, 0.717) is 0 Å². The molecule has 0 fully saturated rings. The minimum atomic E-state index is 0.998. The fourth-order valence-corrected chi connectivity index (χ4v) is 9.65. The van der Waals surface area contributed by atoms with Crippen molar-refractivity contribution in [2.75, 3.05) is 0 Å². The quantitative estimate of drug-likeness (QED) is 0.126. The molecule has 0 amide bonds. The van der Waals surface area contributed by atoms with Crippen LogP contribution in [0.4, 0.5) is 0 Å². The average molecular weight is 760 g/mol. The fraction of sp³-hybridized carbons (Fsp3) is 0. The highest BCUT2D eigenvalue weighted by Gasteiger charge is 2.22. The molecule has 0 spiro atoms. The Hall–Kier alpha value is -7.87. The summed E-state index contributed by atoms with van der Waals surface area (Å²) in [5, 5.41) is 13.3. The van der Waals surface area contributed by atoms with Gasteiger partial charge < -0.3 is 0 Å². The second kappa shape index (κ2) is 13.9. The lowest BCUT2D eigenvalue weighted by Crippen LogP contribution is -1.96. The van der Waals surface area contributed by atoms with Crippen LogP contribution in [0.3, 0.4) is 0 Å². The molecule has 12 rings (SSSR count). The summed E-state index contributed by atoms with van der Waals surface area (Å²) in [6, 6.07) is 82.0. The molecule has 0 aliphatic rings. The van der Waals surface area contributed by atoms with Crippen LogP contribution in [0.2, 0.25) is 0 Å². The van der Waals surface area contributed by atoms with E-state index >= 15 is 0 Å². The van der Waals surface area contributed by atoms with Crippen LogP contribution >= 0.6 is 0 Å². The summed E-state index contributed by atoms with van der Waals surface area (Å²) in [6.07, 6.45) is 0. The Kier molecular flexibility index (Phi) is 7.92. The number of hydrogen-bond donors (Lipinski definition) is 0. The number of benzene rings is 11. The Bertz CT molecular complexity index is 3530. The fourth-order valence-electron chi connectivity index (χ4n) is 9.65. The zero-order chi connectivity index (χ0) is 39.6. The monoisotopic (exact) mass is 759 g/mol. The van der Waals surface area contributed by atoms with E-state index in [1.54, 1.807) is 0 Å². The van der Waals surface area contributed by atoms with Crippen molar-refractivity contribution in [3.8, 4) is 55.8 Å². The smallest absolute Gasteiger partial charge is 0.0795 e. The standard InChI is InChI=1S/C59H37N/c1-3-16-38(17-4-1)44-35-45(39-18-5-2-6-19-39)37-46(36-44)55-48-24-11-13-26-50(48)57(51-27-14-12-25-49(51)55)53-29-15-28-52-56-47-23-10-9-21-41(47)32-33-54(56)58(60-59(52)53)43-31-30-40-20-7-8-22-42(40)34-43/h1-37H. The molecule has 1 heteroatoms. The van der Waals surface area contributed by atoms with Gasteiger partial charge >= 0.3 is 0 Å². The highest BCUT2D eigenvalue weighted by Crippen LogP contribution is 2.48. The normalized spacial score (nSPS) is 11.7. The first kappa shape index (κ1) is 34.2. The number of rotatable bonds is 5. The van der Waals surface area contributed by atoms with Crippen LogP contribution in [0, 0.1) is 0 Å². The van der Waals surface area contributed by atoms with Gasteiger partial charge in [-0.05, 0) is 106 Å². The second-order valence-electron chi connectivity index (χ2n) is 15.8. The SMILES string of the molecule is c1ccc(-c2cc(-c3ccccc3)cc(-c3c4ccccc4c(-c4cccc5c4nc(-c4ccc6ccccc6c4)c4ccc6ccccc6c45)c4ccccc34)c2)cc1. The Morgan fingerprint density at radius 3 is 1.40 bits per heavy atom. The van der Waals surface area contributed by atoms with Gasteiger partial charge in [-0.3, -0.25) is 0 Å². The lowest BCUT2D eigenvalue weighted by molar-refractivity contribution is 1.43. The van der Waals surface area contributed by atoms with Crippen molar-refractivity contribution < 1.29 is 0 Å². The van der Waals surface area contributed by atoms with Crippen molar-refractivity contribution in [2.24, 2.45) is 0 Å². The van der Waals surface area contributed by atoms with E-state index in [0.717, 1.165) is 33.1 Å². The maximum absolute atomic E-state index is 5.75. The van der Waals surface area contributed by atoms with Gasteiger partial charge in [-0.15, -0.1) is 0 Å². The number of hydrogen-bond acceptors (Lipinski definition) is 1. The molecule has 0 aliphatic carbocycles. The highest BCUT2D eigenvalue weighted by atomic mass is 14.7. The summed E-state index contributed by atoms with van der Waals surface area (Å²) >= 11 is 0. The predicted molar refractivity (Wildman–Crippen MR) is 256 cm³/mol. The number of pyridine rings is 1. The van der Waals surface area contributed by atoms with Crippen LogP contribution in [-0.2, 0) is 0 Å². The van der Waals surface area contributed by atoms with E-state index in [1.807, 2.05) is 0 Å². The molecule has 11 aromatic carbocycles. The van der Waals surface area contributed by atoms with Crippen LogP contribution in [0.25, 0.3) is 121 Å². The molecule has 60 heavy (non-hydrogen) atoms. The molecule has 0 saturated heterocycles. The van der Waals surface area contributed by atoms with E-state index in [4.69, 9.17) is 4.98 Å². The van der Waals surface area contributed by atoms with Crippen molar-refractivity contribution in [1.82, 2.24) is 4.98 Å². The van der Waals surface area contributed by atoms with Crippen molar-refractivity contribution in [3.05, 3.63) is 224 Å². The molecule has 1 nitrogen and oxygen atoms in total. The lowest BCUT2D eigenvalue weighted by Gasteiger charge is -2.20. The van der Waals surface area contributed by atoms with E-state index in [9.17, 15) is 0 Å². The van der Waals surface area contributed by atoms with Gasteiger partial charge in [-0.25, -0.2) is 4.98 Å². The minimum Gasteiger partial charge on any atom is -0.246 e. The first-order valence-corrected chi connectivity index (χ1v) is 20.7. The predicted octanol–water partition coefficient (Wildman–Crippen LogP) is 16.3. The summed E-state index contributed by atoms with van der Waals surface area (Å²) in [6.45, 7) is 0. The van der Waals surface area contributed by atoms with Gasteiger partial charge in [0.25, 0.3) is 0 Å². The van der Waals surface area contributed by atoms with E-state index in [-0.39, 0.29) is 0 Å². The molecule has 0 unspecified atom stereocenters. The molecular weight excluding hydrogens is 723 g/mol. The molecule has 0 atom stereocenters. The summed E-state index contributed by atoms with van der Waals surface area (Å²) in [7, 11) is 0.